The molecule has 112 valence electrons. The summed E-state index contributed by atoms with van der Waals surface area (Å²) in [6.45, 7) is 3.47. The predicted molar refractivity (Wildman–Crippen MR) is 85.9 cm³/mol. The summed E-state index contributed by atoms with van der Waals surface area (Å²) in [5.74, 6) is 0.195. The van der Waals surface area contributed by atoms with Crippen LogP contribution in [0.15, 0.2) is 46.9 Å². The highest BCUT2D eigenvalue weighted by Crippen LogP contribution is 2.13. The van der Waals surface area contributed by atoms with Gasteiger partial charge in [0, 0.05) is 4.88 Å². The van der Waals surface area contributed by atoms with E-state index in [1.165, 1.54) is 0 Å². The Morgan fingerprint density at radius 1 is 1.36 bits per heavy atom. The summed E-state index contributed by atoms with van der Waals surface area (Å²) in [6, 6.07) is 12.5. The maximum absolute atomic E-state index is 12.0. The number of rotatable bonds is 5. The van der Waals surface area contributed by atoms with Crippen LogP contribution in [0.4, 0.5) is 0 Å². The summed E-state index contributed by atoms with van der Waals surface area (Å²) in [5.41, 5.74) is 3.78. The van der Waals surface area contributed by atoms with Crippen molar-refractivity contribution in [2.45, 2.75) is 20.0 Å². The lowest BCUT2D eigenvalue weighted by atomic mass is 10.2. The first-order valence-electron chi connectivity index (χ1n) is 6.65. The molecule has 1 heterocycles. The molecule has 0 bridgehead atoms. The molecule has 1 aromatic carbocycles. The van der Waals surface area contributed by atoms with Crippen molar-refractivity contribution in [3.63, 3.8) is 0 Å². The zero-order chi connectivity index (χ0) is 15.9. The Morgan fingerprint density at radius 2 is 2.09 bits per heavy atom. The largest absolute Gasteiger partial charge is 0.481 e. The average molecular weight is 313 g/mol. The Labute approximate surface area is 132 Å². The van der Waals surface area contributed by atoms with Gasteiger partial charge in [0.25, 0.3) is 5.91 Å². The monoisotopic (exact) mass is 313 g/mol. The third-order valence-corrected chi connectivity index (χ3v) is 3.86. The molecule has 0 aliphatic rings. The Kier molecular flexibility index (Phi) is 5.28. The second kappa shape index (κ2) is 7.38. The summed E-state index contributed by atoms with van der Waals surface area (Å²) in [5, 5.41) is 14.7. The van der Waals surface area contributed by atoms with Gasteiger partial charge in [0.15, 0.2) is 6.10 Å². The van der Waals surface area contributed by atoms with Crippen LogP contribution < -0.4 is 10.2 Å². The number of hydrogen-bond acceptors (Lipinski definition) is 5. The molecule has 1 amide bonds. The van der Waals surface area contributed by atoms with Crippen molar-refractivity contribution in [1.82, 2.24) is 5.43 Å². The van der Waals surface area contributed by atoms with Crippen LogP contribution in [0.25, 0.3) is 0 Å². The predicted octanol–water partition coefficient (Wildman–Crippen LogP) is 2.93. The van der Waals surface area contributed by atoms with Gasteiger partial charge in [-0.1, -0.05) is 6.07 Å². The van der Waals surface area contributed by atoms with Crippen LogP contribution in [0.5, 0.6) is 5.75 Å². The van der Waals surface area contributed by atoms with Gasteiger partial charge in [-0.15, -0.1) is 11.3 Å². The van der Waals surface area contributed by atoms with Gasteiger partial charge in [-0.2, -0.15) is 10.4 Å². The minimum Gasteiger partial charge on any atom is -0.481 e. The highest BCUT2D eigenvalue weighted by atomic mass is 32.1. The first-order valence-corrected chi connectivity index (χ1v) is 7.53. The first-order chi connectivity index (χ1) is 10.6. The van der Waals surface area contributed by atoms with E-state index in [0.29, 0.717) is 11.3 Å². The van der Waals surface area contributed by atoms with Crippen molar-refractivity contribution in [3.05, 3.63) is 52.2 Å². The molecular weight excluding hydrogens is 298 g/mol. The molecule has 0 aliphatic carbocycles. The van der Waals surface area contributed by atoms with E-state index in [1.807, 2.05) is 30.5 Å². The normalized spacial score (nSPS) is 12.3. The molecule has 0 fully saturated rings. The number of amides is 1. The summed E-state index contributed by atoms with van der Waals surface area (Å²) >= 11 is 1.56. The Morgan fingerprint density at radius 3 is 2.68 bits per heavy atom. The molecule has 1 atom stereocenters. The van der Waals surface area contributed by atoms with E-state index >= 15 is 0 Å². The third-order valence-electron chi connectivity index (χ3n) is 2.88. The summed E-state index contributed by atoms with van der Waals surface area (Å²) < 4.78 is 5.51. The number of nitrogens with zero attached hydrogens (tertiary/aromatic N) is 2. The minimum atomic E-state index is -0.687. The number of hydrazone groups is 1. The van der Waals surface area contributed by atoms with Gasteiger partial charge < -0.3 is 4.74 Å². The van der Waals surface area contributed by atoms with Gasteiger partial charge in [0.1, 0.15) is 5.75 Å². The Bertz CT molecular complexity index is 700. The molecule has 0 radical (unpaired) electrons. The average Bonchev–Trinajstić information content (AvgIpc) is 3.07. The zero-order valence-corrected chi connectivity index (χ0v) is 13.1. The lowest BCUT2D eigenvalue weighted by molar-refractivity contribution is -0.127. The van der Waals surface area contributed by atoms with E-state index in [1.54, 1.807) is 42.5 Å². The Hall–Kier alpha value is -2.65. The minimum absolute atomic E-state index is 0.333. The molecule has 2 aromatic rings. The quantitative estimate of drug-likeness (QED) is 0.681. The van der Waals surface area contributed by atoms with E-state index in [4.69, 9.17) is 10.00 Å². The van der Waals surface area contributed by atoms with E-state index in [2.05, 4.69) is 10.5 Å². The molecule has 0 saturated carbocycles. The highest BCUT2D eigenvalue weighted by Gasteiger charge is 2.14. The van der Waals surface area contributed by atoms with E-state index in [-0.39, 0.29) is 5.91 Å². The van der Waals surface area contributed by atoms with E-state index in [9.17, 15) is 4.79 Å². The van der Waals surface area contributed by atoms with Crippen LogP contribution in [0.3, 0.4) is 0 Å². The van der Waals surface area contributed by atoms with Gasteiger partial charge in [0.2, 0.25) is 0 Å². The number of carbonyl (C=O) groups excluding carboxylic acids is 1. The van der Waals surface area contributed by atoms with Crippen LogP contribution in [-0.4, -0.2) is 17.7 Å². The molecule has 2 rings (SSSR count). The van der Waals surface area contributed by atoms with Crippen molar-refractivity contribution >= 4 is 23.0 Å². The fraction of sp³-hybridized carbons (Fsp3) is 0.188. The number of benzene rings is 1. The van der Waals surface area contributed by atoms with Gasteiger partial charge in [-0.25, -0.2) is 5.43 Å². The fourth-order valence-electron chi connectivity index (χ4n) is 1.64. The molecular formula is C16H15N3O2S. The third kappa shape index (κ3) is 4.17. The molecule has 0 aliphatic heterocycles. The van der Waals surface area contributed by atoms with Crippen molar-refractivity contribution in [1.29, 1.82) is 5.26 Å². The van der Waals surface area contributed by atoms with Crippen molar-refractivity contribution in [2.24, 2.45) is 5.10 Å². The number of nitriles is 1. The summed E-state index contributed by atoms with van der Waals surface area (Å²) in [7, 11) is 0. The number of nitrogens with one attached hydrogen (secondary N) is 1. The Balaban J connectivity index is 1.91. The van der Waals surface area contributed by atoms with Crippen LogP contribution in [0, 0.1) is 11.3 Å². The molecule has 1 unspecified atom stereocenters. The number of hydrogen-bond donors (Lipinski definition) is 1. The van der Waals surface area contributed by atoms with Crippen LogP contribution in [0.2, 0.25) is 0 Å². The van der Waals surface area contributed by atoms with Gasteiger partial charge in [-0.3, -0.25) is 4.79 Å². The molecule has 1 N–H and O–H groups in total. The van der Waals surface area contributed by atoms with Gasteiger partial charge in [0.05, 0.1) is 17.3 Å². The van der Waals surface area contributed by atoms with Crippen molar-refractivity contribution in [3.8, 4) is 11.8 Å². The van der Waals surface area contributed by atoms with E-state index in [0.717, 1.165) is 10.6 Å². The number of carbonyl (C=O) groups is 1. The molecule has 0 saturated heterocycles. The zero-order valence-electron chi connectivity index (χ0n) is 12.2. The van der Waals surface area contributed by atoms with Crippen molar-refractivity contribution in [2.75, 3.05) is 0 Å². The molecule has 22 heavy (non-hydrogen) atoms. The van der Waals surface area contributed by atoms with Crippen LogP contribution in [0.1, 0.15) is 24.3 Å². The maximum atomic E-state index is 12.0. The smallest absolute Gasteiger partial charge is 0.280 e. The lowest BCUT2D eigenvalue weighted by Gasteiger charge is -2.13. The van der Waals surface area contributed by atoms with E-state index < -0.39 is 6.10 Å². The first kappa shape index (κ1) is 15.7. The summed E-state index contributed by atoms with van der Waals surface area (Å²) in [6.07, 6.45) is -0.687. The lowest BCUT2D eigenvalue weighted by Crippen LogP contribution is -2.33. The van der Waals surface area contributed by atoms with Gasteiger partial charge >= 0.3 is 0 Å². The summed E-state index contributed by atoms with van der Waals surface area (Å²) in [4.78, 5) is 13.0. The van der Waals surface area contributed by atoms with Gasteiger partial charge in [-0.05, 0) is 49.6 Å². The van der Waals surface area contributed by atoms with Crippen LogP contribution in [-0.2, 0) is 4.79 Å². The molecule has 5 nitrogen and oxygen atoms in total. The topological polar surface area (TPSA) is 74.5 Å². The highest BCUT2D eigenvalue weighted by molar-refractivity contribution is 7.12. The fourth-order valence-corrected chi connectivity index (χ4v) is 2.31. The number of ether oxygens (including phenoxy) is 1. The maximum Gasteiger partial charge on any atom is 0.280 e. The van der Waals surface area contributed by atoms with Crippen LogP contribution >= 0.6 is 11.3 Å². The SMILES string of the molecule is C/C(=N\NC(=O)C(C)Oc1ccc(C#N)cc1)c1cccs1. The second-order valence-electron chi connectivity index (χ2n) is 4.55. The molecule has 0 spiro atoms. The molecule has 1 aromatic heterocycles. The number of thiophene rings is 1. The van der Waals surface area contributed by atoms with Crippen molar-refractivity contribution < 1.29 is 9.53 Å². The molecule has 6 heteroatoms. The standard InChI is InChI=1S/C16H15N3O2S/c1-11(15-4-3-9-22-15)18-19-16(20)12(2)21-14-7-5-13(10-17)6-8-14/h3-9,12H,1-2H3,(H,19,20)/b18-11+. The second-order valence-corrected chi connectivity index (χ2v) is 5.49.